The van der Waals surface area contributed by atoms with Crippen molar-refractivity contribution < 1.29 is 17.0 Å². The van der Waals surface area contributed by atoms with Crippen LogP contribution in [0.2, 0.25) is 0 Å². The van der Waals surface area contributed by atoms with Crippen LogP contribution in [0, 0.1) is 0 Å². The van der Waals surface area contributed by atoms with Gasteiger partial charge in [0.05, 0.1) is 0 Å². The van der Waals surface area contributed by atoms with E-state index in [0.717, 1.165) is 6.54 Å². The standard InChI is InChI=1S/C17H15N2.2ClH/c1-2-4-15(5-3-1)14-19-12-8-17(9-13-19)16-6-10-18-11-7-16;;/h1-13H,14H2;2*1H/q+1;;/p-1. The van der Waals surface area contributed by atoms with E-state index in [9.17, 15) is 0 Å². The summed E-state index contributed by atoms with van der Waals surface area (Å²) in [5.74, 6) is 0. The van der Waals surface area contributed by atoms with Gasteiger partial charge in [0.1, 0.15) is 0 Å². The SMILES string of the molecule is Cl.[Cl-].c1ccc(C[n+]2ccc(-c3ccncc3)cc2)cc1. The van der Waals surface area contributed by atoms with Crippen LogP contribution in [0.15, 0.2) is 79.4 Å². The van der Waals surface area contributed by atoms with E-state index in [2.05, 4.69) is 58.3 Å². The van der Waals surface area contributed by atoms with E-state index in [1.54, 1.807) is 0 Å². The first-order chi connectivity index (χ1) is 9.42. The fourth-order valence-corrected chi connectivity index (χ4v) is 2.09. The number of benzene rings is 1. The summed E-state index contributed by atoms with van der Waals surface area (Å²) >= 11 is 0. The molecule has 0 bridgehead atoms. The van der Waals surface area contributed by atoms with Crippen LogP contribution in [0.25, 0.3) is 11.1 Å². The van der Waals surface area contributed by atoms with Crippen molar-refractivity contribution in [3.05, 3.63) is 84.9 Å². The Labute approximate surface area is 137 Å². The van der Waals surface area contributed by atoms with Gasteiger partial charge < -0.3 is 12.4 Å². The van der Waals surface area contributed by atoms with Gasteiger partial charge in [-0.05, 0) is 23.3 Å². The van der Waals surface area contributed by atoms with Gasteiger partial charge in [-0.3, -0.25) is 4.98 Å². The summed E-state index contributed by atoms with van der Waals surface area (Å²) < 4.78 is 2.18. The first-order valence-electron chi connectivity index (χ1n) is 6.35. The smallest absolute Gasteiger partial charge is 0.173 e. The van der Waals surface area contributed by atoms with Crippen LogP contribution in [0.4, 0.5) is 0 Å². The van der Waals surface area contributed by atoms with Gasteiger partial charge in [-0.15, -0.1) is 12.4 Å². The molecular weight excluding hydrogens is 303 g/mol. The zero-order valence-corrected chi connectivity index (χ0v) is 13.0. The minimum atomic E-state index is 0. The third kappa shape index (κ3) is 4.55. The van der Waals surface area contributed by atoms with Crippen molar-refractivity contribution in [1.82, 2.24) is 4.98 Å². The van der Waals surface area contributed by atoms with Crippen LogP contribution in [-0.2, 0) is 6.54 Å². The lowest BCUT2D eigenvalue weighted by Crippen LogP contribution is -3.00. The predicted molar refractivity (Wildman–Crippen MR) is 82.7 cm³/mol. The van der Waals surface area contributed by atoms with Crippen molar-refractivity contribution in [2.75, 3.05) is 0 Å². The predicted octanol–water partition coefficient (Wildman–Crippen LogP) is 0.510. The van der Waals surface area contributed by atoms with Crippen molar-refractivity contribution in [3.63, 3.8) is 0 Å². The molecule has 2 aromatic heterocycles. The Bertz CT molecular complexity index is 641. The van der Waals surface area contributed by atoms with E-state index in [4.69, 9.17) is 0 Å². The summed E-state index contributed by atoms with van der Waals surface area (Å²) in [4.78, 5) is 4.04. The largest absolute Gasteiger partial charge is 1.00 e. The Morgan fingerprint density at radius 2 is 1.33 bits per heavy atom. The minimum absolute atomic E-state index is 0. The highest BCUT2D eigenvalue weighted by Crippen LogP contribution is 2.15. The molecule has 0 saturated heterocycles. The average molecular weight is 319 g/mol. The molecule has 0 aliphatic carbocycles. The molecule has 2 heterocycles. The molecule has 3 aromatic rings. The van der Waals surface area contributed by atoms with E-state index in [-0.39, 0.29) is 24.8 Å². The maximum absolute atomic E-state index is 4.04. The minimum Gasteiger partial charge on any atom is -1.00 e. The van der Waals surface area contributed by atoms with Crippen molar-refractivity contribution in [1.29, 1.82) is 0 Å². The molecule has 0 unspecified atom stereocenters. The fraction of sp³-hybridized carbons (Fsp3) is 0.0588. The molecule has 0 amide bonds. The van der Waals surface area contributed by atoms with Gasteiger partial charge in [-0.1, -0.05) is 30.3 Å². The molecule has 0 fully saturated rings. The molecule has 1 aromatic carbocycles. The first-order valence-corrected chi connectivity index (χ1v) is 6.35. The zero-order valence-electron chi connectivity index (χ0n) is 11.4. The lowest BCUT2D eigenvalue weighted by molar-refractivity contribution is -0.688. The third-order valence-electron chi connectivity index (χ3n) is 3.11. The van der Waals surface area contributed by atoms with E-state index in [1.807, 2.05) is 30.6 Å². The van der Waals surface area contributed by atoms with Crippen LogP contribution >= 0.6 is 12.4 Å². The van der Waals surface area contributed by atoms with Crippen molar-refractivity contribution >= 4 is 12.4 Å². The number of hydrogen-bond donors (Lipinski definition) is 0. The summed E-state index contributed by atoms with van der Waals surface area (Å²) in [6.45, 7) is 0.900. The number of pyridine rings is 2. The van der Waals surface area contributed by atoms with Crippen molar-refractivity contribution in [2.45, 2.75) is 6.54 Å². The van der Waals surface area contributed by atoms with E-state index in [1.165, 1.54) is 16.7 Å². The zero-order chi connectivity index (χ0) is 12.9. The molecule has 21 heavy (non-hydrogen) atoms. The number of halogens is 2. The lowest BCUT2D eigenvalue weighted by atomic mass is 10.1. The highest BCUT2D eigenvalue weighted by molar-refractivity contribution is 5.85. The second-order valence-corrected chi connectivity index (χ2v) is 4.48. The topological polar surface area (TPSA) is 16.8 Å². The molecule has 0 spiro atoms. The number of hydrogen-bond acceptors (Lipinski definition) is 1. The molecule has 3 rings (SSSR count). The monoisotopic (exact) mass is 318 g/mol. The van der Waals surface area contributed by atoms with Crippen LogP contribution in [0.3, 0.4) is 0 Å². The summed E-state index contributed by atoms with van der Waals surface area (Å²) in [5, 5.41) is 0. The highest BCUT2D eigenvalue weighted by atomic mass is 35.5. The summed E-state index contributed by atoms with van der Waals surface area (Å²) in [6.07, 6.45) is 7.87. The molecule has 4 heteroatoms. The molecule has 0 saturated carbocycles. The van der Waals surface area contributed by atoms with Crippen molar-refractivity contribution in [2.24, 2.45) is 0 Å². The normalized spacial score (nSPS) is 9.33. The number of rotatable bonds is 3. The molecule has 0 radical (unpaired) electrons. The van der Waals surface area contributed by atoms with E-state index >= 15 is 0 Å². The number of nitrogens with zero attached hydrogens (tertiary/aromatic N) is 2. The van der Waals surface area contributed by atoms with Gasteiger partial charge >= 0.3 is 0 Å². The van der Waals surface area contributed by atoms with Gasteiger partial charge in [0, 0.05) is 30.1 Å². The average Bonchev–Trinajstić information content (AvgIpc) is 2.50. The lowest BCUT2D eigenvalue weighted by Gasteiger charge is -2.01. The Morgan fingerprint density at radius 1 is 0.762 bits per heavy atom. The number of aromatic nitrogens is 2. The first kappa shape index (κ1) is 17.2. The van der Waals surface area contributed by atoms with Gasteiger partial charge in [-0.2, -0.15) is 0 Å². The quantitative estimate of drug-likeness (QED) is 0.643. The molecule has 0 N–H and O–H groups in total. The molecule has 0 aliphatic heterocycles. The second kappa shape index (κ2) is 8.40. The van der Waals surface area contributed by atoms with E-state index in [0.29, 0.717) is 0 Å². The molecular formula is C17H16Cl2N2. The summed E-state index contributed by atoms with van der Waals surface area (Å²) in [5.41, 5.74) is 3.72. The molecule has 108 valence electrons. The van der Waals surface area contributed by atoms with Crippen LogP contribution in [0.5, 0.6) is 0 Å². The fourth-order valence-electron chi connectivity index (χ4n) is 2.09. The maximum Gasteiger partial charge on any atom is 0.173 e. The van der Waals surface area contributed by atoms with E-state index < -0.39 is 0 Å². The Balaban J connectivity index is 0.00000110. The van der Waals surface area contributed by atoms with Gasteiger partial charge in [-0.25, -0.2) is 4.57 Å². The Kier molecular flexibility index (Phi) is 6.86. The van der Waals surface area contributed by atoms with Crippen LogP contribution in [0.1, 0.15) is 5.56 Å². The summed E-state index contributed by atoms with van der Waals surface area (Å²) in [7, 11) is 0. The van der Waals surface area contributed by atoms with Crippen molar-refractivity contribution in [3.8, 4) is 11.1 Å². The van der Waals surface area contributed by atoms with Crippen LogP contribution < -0.4 is 17.0 Å². The highest BCUT2D eigenvalue weighted by Gasteiger charge is 2.03. The molecule has 2 nitrogen and oxygen atoms in total. The van der Waals surface area contributed by atoms with Crippen LogP contribution in [-0.4, -0.2) is 4.98 Å². The maximum atomic E-state index is 4.04. The molecule has 0 atom stereocenters. The summed E-state index contributed by atoms with van der Waals surface area (Å²) in [6, 6.07) is 18.8. The Hall–Kier alpha value is -1.90. The van der Waals surface area contributed by atoms with Gasteiger partial charge in [0.15, 0.2) is 18.9 Å². The van der Waals surface area contributed by atoms with Gasteiger partial charge in [0.2, 0.25) is 0 Å². The van der Waals surface area contributed by atoms with Gasteiger partial charge in [0.25, 0.3) is 0 Å². The molecule has 0 aliphatic rings. The third-order valence-corrected chi connectivity index (χ3v) is 3.11. The second-order valence-electron chi connectivity index (χ2n) is 4.48. The Morgan fingerprint density at radius 3 is 1.95 bits per heavy atom.